The van der Waals surface area contributed by atoms with Crippen molar-refractivity contribution in [2.24, 2.45) is 5.73 Å². The van der Waals surface area contributed by atoms with Gasteiger partial charge in [-0.15, -0.1) is 0 Å². The highest BCUT2D eigenvalue weighted by molar-refractivity contribution is 9.10. The van der Waals surface area contributed by atoms with E-state index in [9.17, 15) is 0 Å². The van der Waals surface area contributed by atoms with Gasteiger partial charge in [0, 0.05) is 22.8 Å². The number of rotatable bonds is 4. The molecule has 1 atom stereocenters. The highest BCUT2D eigenvalue weighted by atomic mass is 79.9. The average Bonchev–Trinajstić information content (AvgIpc) is 2.38. The molecule has 2 rings (SSSR count). The summed E-state index contributed by atoms with van der Waals surface area (Å²) < 4.78 is 1.10. The van der Waals surface area contributed by atoms with Gasteiger partial charge in [-0.25, -0.2) is 0 Å². The van der Waals surface area contributed by atoms with E-state index < -0.39 is 0 Å². The van der Waals surface area contributed by atoms with Crippen molar-refractivity contribution in [2.75, 3.05) is 6.54 Å². The Morgan fingerprint density at radius 3 is 2.53 bits per heavy atom. The molecule has 0 amide bonds. The first-order valence-corrected chi connectivity index (χ1v) is 6.43. The van der Waals surface area contributed by atoms with Crippen molar-refractivity contribution < 1.29 is 0 Å². The van der Waals surface area contributed by atoms with Crippen LogP contribution in [0, 0.1) is 0 Å². The summed E-state index contributed by atoms with van der Waals surface area (Å²) in [6.07, 6.45) is 4.63. The van der Waals surface area contributed by atoms with Crippen molar-refractivity contribution in [1.82, 2.24) is 4.98 Å². The van der Waals surface area contributed by atoms with Crippen LogP contribution in [0.4, 0.5) is 0 Å². The molecule has 17 heavy (non-hydrogen) atoms. The Morgan fingerprint density at radius 1 is 1.18 bits per heavy atom. The Labute approximate surface area is 110 Å². The summed E-state index contributed by atoms with van der Waals surface area (Å²) in [6, 6.07) is 12.4. The highest BCUT2D eigenvalue weighted by Crippen LogP contribution is 2.21. The lowest BCUT2D eigenvalue weighted by molar-refractivity contribution is 0.692. The molecule has 1 unspecified atom stereocenters. The third kappa shape index (κ3) is 3.38. The number of hydrogen-bond acceptors (Lipinski definition) is 2. The lowest BCUT2D eigenvalue weighted by Gasteiger charge is -2.15. The third-order valence-electron chi connectivity index (χ3n) is 2.83. The number of halogens is 1. The van der Waals surface area contributed by atoms with Crippen LogP contribution in [0.15, 0.2) is 53.3 Å². The van der Waals surface area contributed by atoms with Gasteiger partial charge in [0.25, 0.3) is 0 Å². The topological polar surface area (TPSA) is 38.9 Å². The van der Waals surface area contributed by atoms with Gasteiger partial charge in [-0.3, -0.25) is 4.98 Å². The molecule has 2 nitrogen and oxygen atoms in total. The quantitative estimate of drug-likeness (QED) is 0.940. The first-order valence-electron chi connectivity index (χ1n) is 5.64. The summed E-state index contributed by atoms with van der Waals surface area (Å²) in [5, 5.41) is 0. The van der Waals surface area contributed by atoms with Crippen molar-refractivity contribution in [3.8, 4) is 0 Å². The Morgan fingerprint density at radius 2 is 1.94 bits per heavy atom. The van der Waals surface area contributed by atoms with Crippen molar-refractivity contribution in [3.05, 3.63) is 64.4 Å². The molecule has 0 spiro atoms. The fraction of sp³-hybridized carbons (Fsp3) is 0.214. The van der Waals surface area contributed by atoms with E-state index in [1.54, 1.807) is 6.20 Å². The Balaban J connectivity index is 2.14. The average molecular weight is 291 g/mol. The molecule has 88 valence electrons. The molecular weight excluding hydrogens is 276 g/mol. The molecule has 0 bridgehead atoms. The summed E-state index contributed by atoms with van der Waals surface area (Å²) >= 11 is 3.44. The van der Waals surface area contributed by atoms with E-state index in [4.69, 9.17) is 5.73 Å². The summed E-state index contributed by atoms with van der Waals surface area (Å²) in [6.45, 7) is 0.649. The standard InChI is InChI=1S/C14H15BrN2/c15-14-5-3-12(4-6-14)13(9-16)8-11-2-1-7-17-10-11/h1-7,10,13H,8-9,16H2. The minimum Gasteiger partial charge on any atom is -0.330 e. The second-order valence-electron chi connectivity index (χ2n) is 4.05. The van der Waals surface area contributed by atoms with E-state index in [2.05, 4.69) is 51.2 Å². The molecule has 0 saturated carbocycles. The maximum atomic E-state index is 5.86. The van der Waals surface area contributed by atoms with Gasteiger partial charge in [0.15, 0.2) is 0 Å². The second kappa shape index (κ2) is 5.94. The number of hydrogen-bond donors (Lipinski definition) is 1. The van der Waals surface area contributed by atoms with Crippen LogP contribution in [0.25, 0.3) is 0 Å². The minimum atomic E-state index is 0.354. The van der Waals surface area contributed by atoms with Gasteiger partial charge in [-0.2, -0.15) is 0 Å². The van der Waals surface area contributed by atoms with E-state index >= 15 is 0 Å². The van der Waals surface area contributed by atoms with Crippen LogP contribution in [0.2, 0.25) is 0 Å². The largest absolute Gasteiger partial charge is 0.330 e. The number of pyridine rings is 1. The number of nitrogens with two attached hydrogens (primary N) is 1. The third-order valence-corrected chi connectivity index (χ3v) is 3.36. The van der Waals surface area contributed by atoms with E-state index in [1.807, 2.05) is 12.3 Å². The molecule has 0 radical (unpaired) electrons. The van der Waals surface area contributed by atoms with E-state index in [-0.39, 0.29) is 0 Å². The van der Waals surface area contributed by atoms with Crippen molar-refractivity contribution in [3.63, 3.8) is 0 Å². The molecule has 0 saturated heterocycles. The molecule has 2 aromatic rings. The predicted molar refractivity (Wildman–Crippen MR) is 73.9 cm³/mol. The first kappa shape index (κ1) is 12.3. The molecule has 0 aliphatic rings. The number of nitrogens with zero attached hydrogens (tertiary/aromatic N) is 1. The first-order chi connectivity index (χ1) is 8.29. The van der Waals surface area contributed by atoms with Crippen LogP contribution < -0.4 is 5.73 Å². The highest BCUT2D eigenvalue weighted by Gasteiger charge is 2.10. The summed E-state index contributed by atoms with van der Waals surface area (Å²) in [4.78, 5) is 4.13. The van der Waals surface area contributed by atoms with Crippen molar-refractivity contribution in [1.29, 1.82) is 0 Å². The summed E-state index contributed by atoms with van der Waals surface area (Å²) in [7, 11) is 0. The van der Waals surface area contributed by atoms with Crippen molar-refractivity contribution >= 4 is 15.9 Å². The molecule has 1 aromatic carbocycles. The van der Waals surface area contributed by atoms with Gasteiger partial charge < -0.3 is 5.73 Å². The van der Waals surface area contributed by atoms with Gasteiger partial charge in [-0.05, 0) is 42.3 Å². The minimum absolute atomic E-state index is 0.354. The maximum absolute atomic E-state index is 5.86. The van der Waals surface area contributed by atoms with Gasteiger partial charge >= 0.3 is 0 Å². The van der Waals surface area contributed by atoms with Gasteiger partial charge in [0.05, 0.1) is 0 Å². The molecule has 0 aliphatic carbocycles. The zero-order chi connectivity index (χ0) is 12.1. The monoisotopic (exact) mass is 290 g/mol. The SMILES string of the molecule is NCC(Cc1cccnc1)c1ccc(Br)cc1. The van der Waals surface area contributed by atoms with E-state index in [0.29, 0.717) is 12.5 Å². The Bertz CT molecular complexity index is 453. The fourth-order valence-electron chi connectivity index (χ4n) is 1.88. The van der Waals surface area contributed by atoms with Crippen LogP contribution >= 0.6 is 15.9 Å². The predicted octanol–water partition coefficient (Wildman–Crippen LogP) is 3.13. The summed E-state index contributed by atoms with van der Waals surface area (Å²) in [5.41, 5.74) is 8.36. The molecule has 1 aromatic heterocycles. The summed E-state index contributed by atoms with van der Waals surface area (Å²) in [5.74, 6) is 0.354. The Hall–Kier alpha value is -1.19. The van der Waals surface area contributed by atoms with Crippen LogP contribution in [0.3, 0.4) is 0 Å². The van der Waals surface area contributed by atoms with E-state index in [1.165, 1.54) is 11.1 Å². The maximum Gasteiger partial charge on any atom is 0.0300 e. The zero-order valence-electron chi connectivity index (χ0n) is 9.51. The van der Waals surface area contributed by atoms with Crippen LogP contribution in [-0.2, 0) is 6.42 Å². The molecule has 0 aliphatic heterocycles. The normalized spacial score (nSPS) is 12.4. The van der Waals surface area contributed by atoms with Crippen molar-refractivity contribution in [2.45, 2.75) is 12.3 Å². The van der Waals surface area contributed by atoms with Crippen LogP contribution in [-0.4, -0.2) is 11.5 Å². The van der Waals surface area contributed by atoms with E-state index in [0.717, 1.165) is 10.9 Å². The van der Waals surface area contributed by atoms with Gasteiger partial charge in [0.1, 0.15) is 0 Å². The molecule has 3 heteroatoms. The molecule has 0 fully saturated rings. The molecule has 1 heterocycles. The van der Waals surface area contributed by atoms with Gasteiger partial charge in [0.2, 0.25) is 0 Å². The number of benzene rings is 1. The van der Waals surface area contributed by atoms with Crippen LogP contribution in [0.5, 0.6) is 0 Å². The molecular formula is C14H15BrN2. The zero-order valence-corrected chi connectivity index (χ0v) is 11.1. The lowest BCUT2D eigenvalue weighted by Crippen LogP contribution is -2.15. The fourth-order valence-corrected chi connectivity index (χ4v) is 2.14. The smallest absolute Gasteiger partial charge is 0.0300 e. The number of aromatic nitrogens is 1. The molecule has 2 N–H and O–H groups in total. The second-order valence-corrected chi connectivity index (χ2v) is 4.97. The Kier molecular flexibility index (Phi) is 4.29. The lowest BCUT2D eigenvalue weighted by atomic mass is 9.93. The van der Waals surface area contributed by atoms with Gasteiger partial charge in [-0.1, -0.05) is 34.1 Å². The van der Waals surface area contributed by atoms with Crippen LogP contribution in [0.1, 0.15) is 17.0 Å².